The van der Waals surface area contributed by atoms with Crippen LogP contribution in [-0.2, 0) is 22.6 Å². The number of nitrogens with one attached hydrogen (secondary N) is 1. The Morgan fingerprint density at radius 3 is 2.85 bits per heavy atom. The average Bonchev–Trinajstić information content (AvgIpc) is 2.81. The summed E-state index contributed by atoms with van der Waals surface area (Å²) in [5.74, 6) is 0.898. The number of hydrogen-bond acceptors (Lipinski definition) is 4. The number of ether oxygens (including phenoxy) is 2. The lowest BCUT2D eigenvalue weighted by Crippen LogP contribution is -2.16. The van der Waals surface area contributed by atoms with Crippen molar-refractivity contribution in [1.29, 1.82) is 0 Å². The van der Waals surface area contributed by atoms with Gasteiger partial charge in [-0.05, 0) is 19.5 Å². The predicted molar refractivity (Wildman–Crippen MR) is 79.7 cm³/mol. The van der Waals surface area contributed by atoms with E-state index in [2.05, 4.69) is 18.3 Å². The van der Waals surface area contributed by atoms with Gasteiger partial charge in [0.25, 0.3) is 0 Å². The lowest BCUT2D eigenvalue weighted by atomic mass is 10.1. The van der Waals surface area contributed by atoms with Crippen molar-refractivity contribution in [2.45, 2.75) is 33.1 Å². The van der Waals surface area contributed by atoms with E-state index in [9.17, 15) is 0 Å². The fourth-order valence-electron chi connectivity index (χ4n) is 2.21. The maximum atomic E-state index is 5.92. The van der Waals surface area contributed by atoms with Gasteiger partial charge in [-0.3, -0.25) is 0 Å². The minimum atomic E-state index is 0.0557. The van der Waals surface area contributed by atoms with E-state index in [4.69, 9.17) is 13.9 Å². The average molecular weight is 277 g/mol. The summed E-state index contributed by atoms with van der Waals surface area (Å²) < 4.78 is 16.8. The van der Waals surface area contributed by atoms with Crippen LogP contribution in [-0.4, -0.2) is 26.4 Å². The summed E-state index contributed by atoms with van der Waals surface area (Å²) in [6.45, 7) is 6.88. The number of furan rings is 1. The van der Waals surface area contributed by atoms with Gasteiger partial charge in [0.2, 0.25) is 0 Å². The van der Waals surface area contributed by atoms with Crippen LogP contribution in [0.4, 0.5) is 0 Å². The van der Waals surface area contributed by atoms with Crippen LogP contribution in [0, 0.1) is 0 Å². The number of fused-ring (bicyclic) bond motifs is 1. The van der Waals surface area contributed by atoms with Crippen molar-refractivity contribution in [2.24, 2.45) is 0 Å². The smallest absolute Gasteiger partial charge is 0.135 e. The van der Waals surface area contributed by atoms with Crippen LogP contribution in [0.2, 0.25) is 0 Å². The van der Waals surface area contributed by atoms with Crippen molar-refractivity contribution in [3.63, 3.8) is 0 Å². The van der Waals surface area contributed by atoms with E-state index in [0.29, 0.717) is 13.2 Å². The third-order valence-electron chi connectivity index (χ3n) is 3.23. The molecule has 0 saturated heterocycles. The lowest BCUT2D eigenvalue weighted by molar-refractivity contribution is -0.00627. The van der Waals surface area contributed by atoms with Crippen molar-refractivity contribution in [3.05, 3.63) is 35.6 Å². The van der Waals surface area contributed by atoms with Gasteiger partial charge >= 0.3 is 0 Å². The van der Waals surface area contributed by atoms with E-state index in [1.165, 1.54) is 5.56 Å². The summed E-state index contributed by atoms with van der Waals surface area (Å²) in [5, 5.41) is 4.51. The van der Waals surface area contributed by atoms with Crippen LogP contribution in [0.5, 0.6) is 0 Å². The molecule has 0 bridgehead atoms. The molecular weight excluding hydrogens is 254 g/mol. The highest BCUT2D eigenvalue weighted by atomic mass is 16.5. The van der Waals surface area contributed by atoms with Gasteiger partial charge in [-0.2, -0.15) is 0 Å². The maximum absolute atomic E-state index is 5.92. The third kappa shape index (κ3) is 3.60. The van der Waals surface area contributed by atoms with Gasteiger partial charge in [0, 0.05) is 24.6 Å². The topological polar surface area (TPSA) is 43.6 Å². The third-order valence-corrected chi connectivity index (χ3v) is 3.23. The normalized spacial score (nSPS) is 12.9. The molecule has 4 nitrogen and oxygen atoms in total. The Kier molecular flexibility index (Phi) is 5.59. The minimum Gasteiger partial charge on any atom is -0.458 e. The molecule has 0 saturated carbocycles. The Labute approximate surface area is 120 Å². The molecule has 1 unspecified atom stereocenters. The van der Waals surface area contributed by atoms with Crippen molar-refractivity contribution in [1.82, 2.24) is 5.32 Å². The first-order chi connectivity index (χ1) is 9.76. The number of rotatable bonds is 8. The highest BCUT2D eigenvalue weighted by Gasteiger charge is 2.14. The molecule has 0 aliphatic rings. The van der Waals surface area contributed by atoms with Gasteiger partial charge in [-0.15, -0.1) is 0 Å². The van der Waals surface area contributed by atoms with Gasteiger partial charge in [0.15, 0.2) is 0 Å². The molecule has 4 heteroatoms. The second kappa shape index (κ2) is 7.43. The second-order valence-corrected chi connectivity index (χ2v) is 4.86. The predicted octanol–water partition coefficient (Wildman–Crippen LogP) is 3.09. The van der Waals surface area contributed by atoms with Crippen molar-refractivity contribution >= 4 is 11.0 Å². The zero-order chi connectivity index (χ0) is 14.4. The molecule has 1 N–H and O–H groups in total. The summed E-state index contributed by atoms with van der Waals surface area (Å²) in [6, 6.07) is 8.10. The number of hydrogen-bond donors (Lipinski definition) is 1. The summed E-state index contributed by atoms with van der Waals surface area (Å²) in [4.78, 5) is 0. The Bertz CT molecular complexity index is 536. The van der Waals surface area contributed by atoms with Gasteiger partial charge in [0.1, 0.15) is 18.0 Å². The van der Waals surface area contributed by atoms with Crippen LogP contribution >= 0.6 is 0 Å². The van der Waals surface area contributed by atoms with Gasteiger partial charge in [-0.1, -0.05) is 25.1 Å². The fraction of sp³-hybridized carbons (Fsp3) is 0.500. The van der Waals surface area contributed by atoms with Crippen LogP contribution in [0.25, 0.3) is 11.0 Å². The molecule has 0 aliphatic heterocycles. The number of methoxy groups -OCH3 is 1. The van der Waals surface area contributed by atoms with E-state index in [-0.39, 0.29) is 6.10 Å². The van der Waals surface area contributed by atoms with Crippen LogP contribution < -0.4 is 5.32 Å². The molecule has 1 aromatic heterocycles. The standard InChI is InChI=1S/C16H23NO3/c1-4-17-9-14-13-7-5-6-8-15(13)20-16(14)11-19-12(2)10-18-3/h5-8,12,17H,4,9-11H2,1-3H3. The van der Waals surface area contributed by atoms with E-state index >= 15 is 0 Å². The SMILES string of the molecule is CCNCc1c(COC(C)COC)oc2ccccc12. The molecule has 1 heterocycles. The molecule has 2 aromatic rings. The maximum Gasteiger partial charge on any atom is 0.135 e. The molecule has 110 valence electrons. The fourth-order valence-corrected chi connectivity index (χ4v) is 2.21. The number of para-hydroxylation sites is 1. The highest BCUT2D eigenvalue weighted by molar-refractivity contribution is 5.82. The Morgan fingerprint density at radius 1 is 1.30 bits per heavy atom. The Balaban J connectivity index is 2.17. The first-order valence-electron chi connectivity index (χ1n) is 7.06. The summed E-state index contributed by atoms with van der Waals surface area (Å²) in [7, 11) is 1.68. The monoisotopic (exact) mass is 277 g/mol. The summed E-state index contributed by atoms with van der Waals surface area (Å²) >= 11 is 0. The minimum absolute atomic E-state index is 0.0557. The first kappa shape index (κ1) is 15.0. The summed E-state index contributed by atoms with van der Waals surface area (Å²) in [5.41, 5.74) is 2.10. The molecule has 0 aliphatic carbocycles. The van der Waals surface area contributed by atoms with E-state index in [0.717, 1.165) is 29.8 Å². The summed E-state index contributed by atoms with van der Waals surface area (Å²) in [6.07, 6.45) is 0.0557. The zero-order valence-corrected chi connectivity index (χ0v) is 12.4. The molecular formula is C16H23NO3. The quantitative estimate of drug-likeness (QED) is 0.805. The van der Waals surface area contributed by atoms with Crippen LogP contribution in [0.15, 0.2) is 28.7 Å². The van der Waals surface area contributed by atoms with E-state index < -0.39 is 0 Å². The molecule has 1 aromatic carbocycles. The first-order valence-corrected chi connectivity index (χ1v) is 7.06. The zero-order valence-electron chi connectivity index (χ0n) is 12.4. The Hall–Kier alpha value is -1.36. The van der Waals surface area contributed by atoms with Crippen LogP contribution in [0.3, 0.4) is 0 Å². The highest BCUT2D eigenvalue weighted by Crippen LogP contribution is 2.26. The molecule has 0 amide bonds. The lowest BCUT2D eigenvalue weighted by Gasteiger charge is -2.11. The van der Waals surface area contributed by atoms with Gasteiger partial charge in [0.05, 0.1) is 12.7 Å². The van der Waals surface area contributed by atoms with Crippen molar-refractivity contribution < 1.29 is 13.9 Å². The molecule has 0 spiro atoms. The number of benzene rings is 1. The van der Waals surface area contributed by atoms with Crippen LogP contribution in [0.1, 0.15) is 25.2 Å². The van der Waals surface area contributed by atoms with E-state index in [1.54, 1.807) is 7.11 Å². The van der Waals surface area contributed by atoms with Crippen molar-refractivity contribution in [2.75, 3.05) is 20.3 Å². The van der Waals surface area contributed by atoms with Gasteiger partial charge in [-0.25, -0.2) is 0 Å². The second-order valence-electron chi connectivity index (χ2n) is 4.86. The molecule has 2 rings (SSSR count). The molecule has 1 atom stereocenters. The van der Waals surface area contributed by atoms with E-state index in [1.807, 2.05) is 25.1 Å². The molecule has 0 radical (unpaired) electrons. The molecule has 20 heavy (non-hydrogen) atoms. The molecule has 0 fully saturated rings. The van der Waals surface area contributed by atoms with Gasteiger partial charge < -0.3 is 19.2 Å². The largest absolute Gasteiger partial charge is 0.458 e. The van der Waals surface area contributed by atoms with Crippen molar-refractivity contribution in [3.8, 4) is 0 Å². The Morgan fingerprint density at radius 2 is 2.10 bits per heavy atom.